The number of amides is 1. The van der Waals surface area contributed by atoms with Crippen LogP contribution in [0.4, 0.5) is 5.69 Å². The van der Waals surface area contributed by atoms with Gasteiger partial charge in [0.2, 0.25) is 0 Å². The normalized spacial score (nSPS) is 11.4. The van der Waals surface area contributed by atoms with Gasteiger partial charge in [0, 0.05) is 28.5 Å². The van der Waals surface area contributed by atoms with E-state index < -0.39 is 0 Å². The summed E-state index contributed by atoms with van der Waals surface area (Å²) in [7, 11) is 1.73. The van der Waals surface area contributed by atoms with E-state index in [2.05, 4.69) is 5.32 Å². The number of nitrogens with one attached hydrogen (secondary N) is 1. The number of aromatic nitrogens is 2. The quantitative estimate of drug-likeness (QED) is 0.459. The highest BCUT2D eigenvalue weighted by molar-refractivity contribution is 6.30. The van der Waals surface area contributed by atoms with E-state index in [0.717, 1.165) is 10.8 Å². The zero-order valence-corrected chi connectivity index (χ0v) is 16.3. The van der Waals surface area contributed by atoms with Crippen molar-refractivity contribution in [1.29, 1.82) is 0 Å². The van der Waals surface area contributed by atoms with Gasteiger partial charge in [-0.05, 0) is 36.4 Å². The fraction of sp³-hybridized carbons (Fsp3) is 0.0435. The van der Waals surface area contributed by atoms with Gasteiger partial charge in [-0.3, -0.25) is 18.6 Å². The van der Waals surface area contributed by atoms with Crippen molar-refractivity contribution in [3.63, 3.8) is 0 Å². The number of halogens is 1. The molecule has 0 unspecified atom stereocenters. The van der Waals surface area contributed by atoms with Gasteiger partial charge in [0.25, 0.3) is 11.5 Å². The van der Waals surface area contributed by atoms with Gasteiger partial charge in [0.1, 0.15) is 11.3 Å². The van der Waals surface area contributed by atoms with Crippen LogP contribution in [0.3, 0.4) is 0 Å². The Morgan fingerprint density at radius 3 is 2.21 bits per heavy atom. The molecular weight excluding hydrogens is 386 g/mol. The standard InChI is InChI=1S/C23H16ClN3O2/c1-26-22-17-7-3-2-6-16(17)20(21(28)25-15-12-10-14(24)11-13-15)27(22)19-9-5-4-8-18(19)23(26)29/h2-13H,1H3,(H,25,28). The SMILES string of the molecule is Cn1c(=O)c2ccccc2n2c(C(=O)Nc3ccc(Cl)cc3)c3ccccc3c12. The van der Waals surface area contributed by atoms with Crippen LogP contribution in [-0.2, 0) is 7.05 Å². The van der Waals surface area contributed by atoms with Gasteiger partial charge in [-0.1, -0.05) is 48.0 Å². The second-order valence-electron chi connectivity index (χ2n) is 6.90. The first kappa shape index (κ1) is 17.5. The van der Waals surface area contributed by atoms with Crippen molar-refractivity contribution in [3.8, 4) is 0 Å². The summed E-state index contributed by atoms with van der Waals surface area (Å²) in [6.45, 7) is 0. The summed E-state index contributed by atoms with van der Waals surface area (Å²) in [5.74, 6) is -0.257. The summed E-state index contributed by atoms with van der Waals surface area (Å²) in [5.41, 5.74) is 2.42. The molecule has 0 aliphatic carbocycles. The molecule has 3 aromatic carbocycles. The number of carbonyl (C=O) groups is 1. The molecule has 0 saturated heterocycles. The molecule has 5 rings (SSSR count). The number of para-hydroxylation sites is 1. The zero-order chi connectivity index (χ0) is 20.1. The number of anilines is 1. The van der Waals surface area contributed by atoms with Crippen molar-refractivity contribution < 1.29 is 4.79 Å². The summed E-state index contributed by atoms with van der Waals surface area (Å²) in [4.78, 5) is 26.3. The fourth-order valence-corrected chi connectivity index (χ4v) is 4.00. The first-order valence-corrected chi connectivity index (χ1v) is 9.52. The number of hydrogen-bond acceptors (Lipinski definition) is 2. The Morgan fingerprint density at radius 2 is 1.48 bits per heavy atom. The van der Waals surface area contributed by atoms with Crippen LogP contribution in [0.2, 0.25) is 5.02 Å². The molecule has 0 aliphatic heterocycles. The van der Waals surface area contributed by atoms with Crippen LogP contribution in [-0.4, -0.2) is 14.9 Å². The lowest BCUT2D eigenvalue weighted by Gasteiger charge is -2.11. The van der Waals surface area contributed by atoms with E-state index in [1.165, 1.54) is 0 Å². The number of nitrogens with zero attached hydrogens (tertiary/aromatic N) is 2. The Hall–Kier alpha value is -3.57. The minimum atomic E-state index is -0.257. The molecule has 29 heavy (non-hydrogen) atoms. The smallest absolute Gasteiger partial charge is 0.273 e. The van der Waals surface area contributed by atoms with Gasteiger partial charge in [0.05, 0.1) is 10.9 Å². The van der Waals surface area contributed by atoms with E-state index in [1.54, 1.807) is 41.9 Å². The third-order valence-electron chi connectivity index (χ3n) is 5.17. The average Bonchev–Trinajstić information content (AvgIpc) is 3.09. The summed E-state index contributed by atoms with van der Waals surface area (Å²) in [6.07, 6.45) is 0. The van der Waals surface area contributed by atoms with Gasteiger partial charge in [-0.15, -0.1) is 0 Å². The number of hydrogen-bond donors (Lipinski definition) is 1. The molecule has 2 heterocycles. The molecule has 0 saturated carbocycles. The summed E-state index contributed by atoms with van der Waals surface area (Å²) >= 11 is 5.95. The van der Waals surface area contributed by atoms with Gasteiger partial charge in [-0.25, -0.2) is 0 Å². The maximum absolute atomic E-state index is 13.4. The summed E-state index contributed by atoms with van der Waals surface area (Å²) in [6, 6.07) is 21.9. The summed E-state index contributed by atoms with van der Waals surface area (Å²) < 4.78 is 3.47. The van der Waals surface area contributed by atoms with Crippen LogP contribution >= 0.6 is 11.6 Å². The highest BCUT2D eigenvalue weighted by Crippen LogP contribution is 2.29. The Morgan fingerprint density at radius 1 is 0.862 bits per heavy atom. The molecule has 0 spiro atoms. The molecular formula is C23H16ClN3O2. The monoisotopic (exact) mass is 401 g/mol. The lowest BCUT2D eigenvalue weighted by Crippen LogP contribution is -2.22. The zero-order valence-electron chi connectivity index (χ0n) is 15.5. The molecule has 142 valence electrons. The predicted molar refractivity (Wildman–Crippen MR) is 117 cm³/mol. The third kappa shape index (κ3) is 2.62. The molecule has 6 heteroatoms. The molecule has 0 aliphatic rings. The van der Waals surface area contributed by atoms with Gasteiger partial charge in [0.15, 0.2) is 0 Å². The maximum Gasteiger partial charge on any atom is 0.273 e. The van der Waals surface area contributed by atoms with Crippen molar-refractivity contribution in [1.82, 2.24) is 8.97 Å². The lowest BCUT2D eigenvalue weighted by atomic mass is 10.1. The largest absolute Gasteiger partial charge is 0.321 e. The minimum Gasteiger partial charge on any atom is -0.321 e. The van der Waals surface area contributed by atoms with E-state index in [0.29, 0.717) is 33.0 Å². The van der Waals surface area contributed by atoms with Crippen molar-refractivity contribution >= 4 is 50.5 Å². The topological polar surface area (TPSA) is 55.5 Å². The summed E-state index contributed by atoms with van der Waals surface area (Å²) in [5, 5.41) is 5.74. The van der Waals surface area contributed by atoms with Crippen LogP contribution in [0.15, 0.2) is 77.6 Å². The second-order valence-corrected chi connectivity index (χ2v) is 7.33. The molecule has 0 bridgehead atoms. The van der Waals surface area contributed by atoms with Gasteiger partial charge >= 0.3 is 0 Å². The van der Waals surface area contributed by atoms with Crippen LogP contribution in [0.5, 0.6) is 0 Å². The Labute approximate surface area is 170 Å². The van der Waals surface area contributed by atoms with E-state index in [-0.39, 0.29) is 11.5 Å². The van der Waals surface area contributed by atoms with Crippen LogP contribution in [0.1, 0.15) is 10.5 Å². The average molecular weight is 402 g/mol. The van der Waals surface area contributed by atoms with E-state index in [4.69, 9.17) is 11.6 Å². The van der Waals surface area contributed by atoms with Gasteiger partial charge in [-0.2, -0.15) is 0 Å². The molecule has 2 aromatic heterocycles. The molecule has 0 radical (unpaired) electrons. The van der Waals surface area contributed by atoms with Crippen molar-refractivity contribution in [3.05, 3.63) is 93.9 Å². The number of rotatable bonds is 2. The lowest BCUT2D eigenvalue weighted by molar-refractivity contribution is 0.102. The van der Waals surface area contributed by atoms with Gasteiger partial charge < -0.3 is 5.32 Å². The van der Waals surface area contributed by atoms with Crippen molar-refractivity contribution in [2.45, 2.75) is 0 Å². The Bertz CT molecular complexity index is 1480. The number of carbonyl (C=O) groups excluding carboxylic acids is 1. The fourth-order valence-electron chi connectivity index (χ4n) is 3.87. The van der Waals surface area contributed by atoms with E-state index >= 15 is 0 Å². The number of fused-ring (bicyclic) bond motifs is 5. The minimum absolute atomic E-state index is 0.0963. The molecule has 1 N–H and O–H groups in total. The van der Waals surface area contributed by atoms with Crippen LogP contribution in [0, 0.1) is 0 Å². The molecule has 1 amide bonds. The van der Waals surface area contributed by atoms with Crippen molar-refractivity contribution in [2.24, 2.45) is 7.05 Å². The Balaban J connectivity index is 1.87. The first-order chi connectivity index (χ1) is 14.1. The highest BCUT2D eigenvalue weighted by atomic mass is 35.5. The molecule has 5 aromatic rings. The van der Waals surface area contributed by atoms with Crippen LogP contribution < -0.4 is 10.9 Å². The van der Waals surface area contributed by atoms with Crippen molar-refractivity contribution in [2.75, 3.05) is 5.32 Å². The third-order valence-corrected chi connectivity index (χ3v) is 5.43. The Kier molecular flexibility index (Phi) is 3.93. The second kappa shape index (κ2) is 6.50. The van der Waals surface area contributed by atoms with Crippen LogP contribution in [0.25, 0.3) is 27.3 Å². The predicted octanol–water partition coefficient (Wildman–Crippen LogP) is 4.85. The first-order valence-electron chi connectivity index (χ1n) is 9.14. The van der Waals surface area contributed by atoms with E-state index in [1.807, 2.05) is 46.9 Å². The number of aryl methyl sites for hydroxylation is 1. The molecule has 0 atom stereocenters. The number of benzene rings is 3. The molecule has 0 fully saturated rings. The highest BCUT2D eigenvalue weighted by Gasteiger charge is 2.22. The van der Waals surface area contributed by atoms with E-state index in [9.17, 15) is 9.59 Å². The molecule has 5 nitrogen and oxygen atoms in total. The maximum atomic E-state index is 13.4.